The molecule has 184 valence electrons. The normalized spacial score (nSPS) is 21.2. The van der Waals surface area contributed by atoms with E-state index in [2.05, 4.69) is 39.5 Å². The van der Waals surface area contributed by atoms with Crippen LogP contribution in [0.25, 0.3) is 6.08 Å². The van der Waals surface area contributed by atoms with Crippen molar-refractivity contribution in [2.75, 3.05) is 32.8 Å². The topological polar surface area (TPSA) is 15.7 Å². The van der Waals surface area contributed by atoms with Crippen molar-refractivity contribution in [3.8, 4) is 0 Å². The maximum Gasteiger partial charge on any atom is 0.123 e. The van der Waals surface area contributed by atoms with Gasteiger partial charge in [0.15, 0.2) is 0 Å². The van der Waals surface area contributed by atoms with Crippen molar-refractivity contribution >= 4 is 17.4 Å². The number of thiophene rings is 1. The van der Waals surface area contributed by atoms with E-state index >= 15 is 0 Å². The second kappa shape index (κ2) is 11.6. The van der Waals surface area contributed by atoms with E-state index in [0.29, 0.717) is 18.7 Å². The summed E-state index contributed by atoms with van der Waals surface area (Å²) in [6.07, 6.45) is 7.93. The molecule has 3 heterocycles. The van der Waals surface area contributed by atoms with E-state index in [0.717, 1.165) is 37.3 Å². The van der Waals surface area contributed by atoms with Gasteiger partial charge in [0.1, 0.15) is 17.7 Å². The van der Waals surface area contributed by atoms with Gasteiger partial charge in [-0.15, -0.1) is 11.3 Å². The summed E-state index contributed by atoms with van der Waals surface area (Å²) in [5.41, 5.74) is 1.74. The lowest BCUT2D eigenvalue weighted by Gasteiger charge is -2.28. The summed E-state index contributed by atoms with van der Waals surface area (Å²) in [4.78, 5) is 6.51. The average Bonchev–Trinajstić information content (AvgIpc) is 3.47. The lowest BCUT2D eigenvalue weighted by atomic mass is 10.0. The fraction of sp³-hybridized carbons (Fsp3) is 0.379. The minimum atomic E-state index is -0.349. The Hall–Kier alpha value is -2.38. The summed E-state index contributed by atoms with van der Waals surface area (Å²) in [5.74, 6) is -0.554. The third-order valence-corrected chi connectivity index (χ3v) is 8.04. The SMILES string of the molecule is Fc1ccc(C(OCCN2CCC3CCC(C2)N3CC=Cc2cccs2)c2ccc(F)cc2)cc1. The van der Waals surface area contributed by atoms with Crippen LogP contribution in [-0.2, 0) is 4.74 Å². The van der Waals surface area contributed by atoms with Gasteiger partial charge in [0.05, 0.1) is 6.61 Å². The fourth-order valence-corrected chi connectivity index (χ4v) is 6.03. The molecule has 3 aromatic rings. The lowest BCUT2D eigenvalue weighted by molar-refractivity contribution is 0.0576. The first-order chi connectivity index (χ1) is 17.2. The van der Waals surface area contributed by atoms with Gasteiger partial charge in [-0.05, 0) is 78.7 Å². The second-order valence-electron chi connectivity index (χ2n) is 9.44. The lowest BCUT2D eigenvalue weighted by Crippen LogP contribution is -2.40. The zero-order valence-corrected chi connectivity index (χ0v) is 20.7. The number of ether oxygens (including phenoxy) is 1. The Morgan fingerprint density at radius 3 is 2.26 bits per heavy atom. The van der Waals surface area contributed by atoms with Gasteiger partial charge in [-0.2, -0.15) is 0 Å². The van der Waals surface area contributed by atoms with Gasteiger partial charge >= 0.3 is 0 Å². The highest BCUT2D eigenvalue weighted by molar-refractivity contribution is 7.10. The maximum atomic E-state index is 13.5. The number of halogens is 2. The van der Waals surface area contributed by atoms with Crippen LogP contribution in [0.15, 0.2) is 72.1 Å². The molecular weight excluding hydrogens is 462 g/mol. The molecule has 2 atom stereocenters. The van der Waals surface area contributed by atoms with E-state index in [1.54, 1.807) is 35.6 Å². The highest BCUT2D eigenvalue weighted by atomic mass is 32.1. The van der Waals surface area contributed by atoms with Gasteiger partial charge in [0.2, 0.25) is 0 Å². The number of rotatable bonds is 9. The zero-order chi connectivity index (χ0) is 24.0. The van der Waals surface area contributed by atoms with Gasteiger partial charge in [-0.3, -0.25) is 9.80 Å². The average molecular weight is 495 g/mol. The van der Waals surface area contributed by atoms with E-state index in [1.165, 1.54) is 48.4 Å². The van der Waals surface area contributed by atoms with Crippen LogP contribution in [0.1, 0.15) is 41.4 Å². The summed E-state index contributed by atoms with van der Waals surface area (Å²) in [5, 5.41) is 2.12. The smallest absolute Gasteiger partial charge is 0.123 e. The fourth-order valence-electron chi connectivity index (χ4n) is 5.38. The zero-order valence-electron chi connectivity index (χ0n) is 19.9. The molecular formula is C29H32F2N2OS. The molecule has 5 rings (SSSR count). The molecule has 2 aliphatic heterocycles. The van der Waals surface area contributed by atoms with E-state index < -0.39 is 0 Å². The molecule has 2 saturated heterocycles. The Balaban J connectivity index is 1.18. The predicted molar refractivity (Wildman–Crippen MR) is 139 cm³/mol. The molecule has 0 radical (unpaired) electrons. The molecule has 2 fully saturated rings. The van der Waals surface area contributed by atoms with Crippen LogP contribution in [0, 0.1) is 11.6 Å². The molecule has 2 unspecified atom stereocenters. The standard InChI is InChI=1S/C29H32F2N2OS/c30-24-9-5-22(6-10-24)29(23-7-11-25(31)12-8-23)34-19-18-32-17-15-26-13-14-27(21-32)33(26)16-1-3-28-4-2-20-35-28/h1-12,20,26-27,29H,13-19,21H2. The molecule has 0 amide bonds. The van der Waals surface area contributed by atoms with Crippen molar-refractivity contribution in [1.82, 2.24) is 9.80 Å². The monoisotopic (exact) mass is 494 g/mol. The van der Waals surface area contributed by atoms with E-state index in [-0.39, 0.29) is 17.7 Å². The summed E-state index contributed by atoms with van der Waals surface area (Å²) in [6, 6.07) is 18.3. The van der Waals surface area contributed by atoms with Crippen molar-refractivity contribution in [3.05, 3.63) is 99.8 Å². The molecule has 2 bridgehead atoms. The molecule has 0 N–H and O–H groups in total. The molecule has 0 saturated carbocycles. The third kappa shape index (κ3) is 6.25. The van der Waals surface area contributed by atoms with Crippen molar-refractivity contribution < 1.29 is 13.5 Å². The minimum Gasteiger partial charge on any atom is -0.367 e. The summed E-state index contributed by atoms with van der Waals surface area (Å²) in [7, 11) is 0. The third-order valence-electron chi connectivity index (χ3n) is 7.20. The van der Waals surface area contributed by atoms with E-state index in [9.17, 15) is 8.78 Å². The first kappa shape index (κ1) is 24.3. The number of fused-ring (bicyclic) bond motifs is 2. The van der Waals surface area contributed by atoms with Crippen LogP contribution in [0.2, 0.25) is 0 Å². The summed E-state index contributed by atoms with van der Waals surface area (Å²) in [6.45, 7) is 4.56. The Labute approximate surface area is 210 Å². The number of hydrogen-bond acceptors (Lipinski definition) is 4. The molecule has 1 aromatic heterocycles. The predicted octanol–water partition coefficient (Wildman–Crippen LogP) is 6.38. The van der Waals surface area contributed by atoms with Crippen LogP contribution in [-0.4, -0.2) is 54.7 Å². The Kier molecular flexibility index (Phi) is 8.04. The first-order valence-electron chi connectivity index (χ1n) is 12.5. The van der Waals surface area contributed by atoms with Gasteiger partial charge in [-0.1, -0.05) is 36.4 Å². The van der Waals surface area contributed by atoms with Gasteiger partial charge < -0.3 is 4.74 Å². The number of nitrogens with zero attached hydrogens (tertiary/aromatic N) is 2. The molecule has 2 aromatic carbocycles. The van der Waals surface area contributed by atoms with Crippen LogP contribution in [0.4, 0.5) is 8.78 Å². The Morgan fingerprint density at radius 1 is 0.914 bits per heavy atom. The van der Waals surface area contributed by atoms with Crippen molar-refractivity contribution in [2.45, 2.75) is 37.5 Å². The van der Waals surface area contributed by atoms with Gasteiger partial charge in [0, 0.05) is 36.6 Å². The van der Waals surface area contributed by atoms with Gasteiger partial charge in [0.25, 0.3) is 0 Å². The number of likely N-dealkylation sites (tertiary alicyclic amines) is 1. The van der Waals surface area contributed by atoms with E-state index in [1.807, 2.05) is 0 Å². The van der Waals surface area contributed by atoms with Crippen LogP contribution < -0.4 is 0 Å². The Bertz CT molecular complexity index is 1040. The molecule has 0 aliphatic carbocycles. The van der Waals surface area contributed by atoms with Crippen molar-refractivity contribution in [3.63, 3.8) is 0 Å². The molecule has 6 heteroatoms. The van der Waals surface area contributed by atoms with Gasteiger partial charge in [-0.25, -0.2) is 8.78 Å². The summed E-state index contributed by atoms with van der Waals surface area (Å²) >= 11 is 1.78. The van der Waals surface area contributed by atoms with E-state index in [4.69, 9.17) is 4.74 Å². The summed E-state index contributed by atoms with van der Waals surface area (Å²) < 4.78 is 33.3. The molecule has 3 nitrogen and oxygen atoms in total. The number of hydrogen-bond donors (Lipinski definition) is 0. The largest absolute Gasteiger partial charge is 0.367 e. The second-order valence-corrected chi connectivity index (χ2v) is 10.4. The Morgan fingerprint density at radius 2 is 1.60 bits per heavy atom. The quantitative estimate of drug-likeness (QED) is 0.343. The maximum absolute atomic E-state index is 13.5. The van der Waals surface area contributed by atoms with Crippen LogP contribution >= 0.6 is 11.3 Å². The minimum absolute atomic E-state index is 0.277. The van der Waals surface area contributed by atoms with Crippen molar-refractivity contribution in [2.24, 2.45) is 0 Å². The highest BCUT2D eigenvalue weighted by Crippen LogP contribution is 2.31. The number of benzene rings is 2. The first-order valence-corrected chi connectivity index (χ1v) is 13.3. The highest BCUT2D eigenvalue weighted by Gasteiger charge is 2.36. The molecule has 35 heavy (non-hydrogen) atoms. The molecule has 2 aliphatic rings. The van der Waals surface area contributed by atoms with Crippen molar-refractivity contribution in [1.29, 1.82) is 0 Å². The van der Waals surface area contributed by atoms with Crippen LogP contribution in [0.5, 0.6) is 0 Å². The van der Waals surface area contributed by atoms with Crippen LogP contribution in [0.3, 0.4) is 0 Å². The molecule has 0 spiro atoms.